The van der Waals surface area contributed by atoms with Gasteiger partial charge in [0.25, 0.3) is 0 Å². The van der Waals surface area contributed by atoms with Gasteiger partial charge < -0.3 is 16.2 Å². The van der Waals surface area contributed by atoms with Gasteiger partial charge in [0.1, 0.15) is 0 Å². The van der Waals surface area contributed by atoms with Gasteiger partial charge in [0.2, 0.25) is 0 Å². The lowest BCUT2D eigenvalue weighted by molar-refractivity contribution is 0.0697. The smallest absolute Gasteiger partial charge is 0.335 e. The second-order valence-electron chi connectivity index (χ2n) is 4.08. The summed E-state index contributed by atoms with van der Waals surface area (Å²) < 4.78 is 0. The largest absolute Gasteiger partial charge is 0.478 e. The molecule has 0 radical (unpaired) electrons. The van der Waals surface area contributed by atoms with E-state index >= 15 is 0 Å². The maximum Gasteiger partial charge on any atom is 0.335 e. The first-order valence-corrected chi connectivity index (χ1v) is 5.53. The third kappa shape index (κ3) is 2.60. The topological polar surface area (TPSA) is 75.3 Å². The molecule has 18 heavy (non-hydrogen) atoms. The quantitative estimate of drug-likeness (QED) is 0.723. The molecule has 4 nitrogen and oxygen atoms in total. The van der Waals surface area contributed by atoms with Gasteiger partial charge in [-0.3, -0.25) is 0 Å². The summed E-state index contributed by atoms with van der Waals surface area (Å²) in [6, 6.07) is 12.3. The van der Waals surface area contributed by atoms with E-state index in [9.17, 15) is 4.79 Å². The average molecular weight is 242 g/mol. The SMILES string of the molecule is Cc1ccc(C(=O)O)cc1Nc1ccc(N)cc1. The van der Waals surface area contributed by atoms with E-state index in [-0.39, 0.29) is 5.56 Å². The molecule has 0 saturated carbocycles. The first-order valence-electron chi connectivity index (χ1n) is 5.53. The summed E-state index contributed by atoms with van der Waals surface area (Å²) in [6.07, 6.45) is 0. The average Bonchev–Trinajstić information content (AvgIpc) is 2.34. The van der Waals surface area contributed by atoms with Crippen LogP contribution >= 0.6 is 0 Å². The summed E-state index contributed by atoms with van der Waals surface area (Å²) in [5.74, 6) is -0.935. The molecule has 2 aromatic carbocycles. The second-order valence-corrected chi connectivity index (χ2v) is 4.08. The van der Waals surface area contributed by atoms with Gasteiger partial charge in [0.05, 0.1) is 5.56 Å². The lowest BCUT2D eigenvalue weighted by Crippen LogP contribution is -2.00. The van der Waals surface area contributed by atoms with Crippen molar-refractivity contribution in [2.45, 2.75) is 6.92 Å². The van der Waals surface area contributed by atoms with Gasteiger partial charge in [0, 0.05) is 17.1 Å². The Kier molecular flexibility index (Phi) is 3.19. The fourth-order valence-corrected chi connectivity index (χ4v) is 1.61. The van der Waals surface area contributed by atoms with Gasteiger partial charge in [-0.25, -0.2) is 4.79 Å². The number of aryl methyl sites for hydroxylation is 1. The van der Waals surface area contributed by atoms with Crippen LogP contribution in [0.3, 0.4) is 0 Å². The van der Waals surface area contributed by atoms with Crippen molar-refractivity contribution >= 4 is 23.0 Å². The van der Waals surface area contributed by atoms with Crippen molar-refractivity contribution in [3.05, 3.63) is 53.6 Å². The monoisotopic (exact) mass is 242 g/mol. The molecule has 0 atom stereocenters. The molecular formula is C14H14N2O2. The van der Waals surface area contributed by atoms with E-state index < -0.39 is 5.97 Å². The number of nitrogens with two attached hydrogens (primary N) is 1. The lowest BCUT2D eigenvalue weighted by atomic mass is 10.1. The highest BCUT2D eigenvalue weighted by Crippen LogP contribution is 2.22. The molecule has 0 bridgehead atoms. The molecule has 4 N–H and O–H groups in total. The maximum absolute atomic E-state index is 10.9. The molecule has 92 valence electrons. The Labute approximate surface area is 105 Å². The number of hydrogen-bond donors (Lipinski definition) is 3. The number of aromatic carboxylic acids is 1. The Morgan fingerprint density at radius 2 is 1.83 bits per heavy atom. The molecule has 0 heterocycles. The van der Waals surface area contributed by atoms with Crippen LogP contribution in [0.4, 0.5) is 17.1 Å². The predicted molar refractivity (Wildman–Crippen MR) is 72.3 cm³/mol. The van der Waals surface area contributed by atoms with Crippen LogP contribution in [0, 0.1) is 6.92 Å². The predicted octanol–water partition coefficient (Wildman–Crippen LogP) is 3.02. The van der Waals surface area contributed by atoms with Gasteiger partial charge in [-0.1, -0.05) is 6.07 Å². The third-order valence-corrected chi connectivity index (χ3v) is 2.67. The molecule has 0 aliphatic heterocycles. The zero-order valence-electron chi connectivity index (χ0n) is 9.97. The molecule has 0 spiro atoms. The van der Waals surface area contributed by atoms with Crippen LogP contribution in [0.2, 0.25) is 0 Å². The standard InChI is InChI=1S/C14H14N2O2/c1-9-2-3-10(14(17)18)8-13(9)16-12-6-4-11(15)5-7-12/h2-8,16H,15H2,1H3,(H,17,18). The van der Waals surface area contributed by atoms with Crippen LogP contribution < -0.4 is 11.1 Å². The van der Waals surface area contributed by atoms with Crippen molar-refractivity contribution in [2.75, 3.05) is 11.1 Å². The summed E-state index contributed by atoms with van der Waals surface area (Å²) >= 11 is 0. The van der Waals surface area contributed by atoms with Gasteiger partial charge in [0.15, 0.2) is 0 Å². The Morgan fingerprint density at radius 1 is 1.17 bits per heavy atom. The number of anilines is 3. The van der Waals surface area contributed by atoms with Crippen molar-refractivity contribution in [2.24, 2.45) is 0 Å². The first kappa shape index (κ1) is 12.0. The Morgan fingerprint density at radius 3 is 2.44 bits per heavy atom. The molecule has 2 rings (SSSR count). The van der Waals surface area contributed by atoms with Crippen molar-refractivity contribution in [1.82, 2.24) is 0 Å². The summed E-state index contributed by atoms with van der Waals surface area (Å²) in [5.41, 5.74) is 9.19. The van der Waals surface area contributed by atoms with Gasteiger partial charge in [-0.05, 0) is 48.9 Å². The van der Waals surface area contributed by atoms with Crippen LogP contribution in [0.5, 0.6) is 0 Å². The van der Waals surface area contributed by atoms with E-state index in [0.29, 0.717) is 5.69 Å². The zero-order valence-corrected chi connectivity index (χ0v) is 9.97. The zero-order chi connectivity index (χ0) is 13.1. The number of nitrogens with one attached hydrogen (secondary N) is 1. The fraction of sp³-hybridized carbons (Fsp3) is 0.0714. The Balaban J connectivity index is 2.30. The number of carbonyl (C=O) groups is 1. The van der Waals surface area contributed by atoms with E-state index in [2.05, 4.69) is 5.32 Å². The highest BCUT2D eigenvalue weighted by atomic mass is 16.4. The number of hydrogen-bond acceptors (Lipinski definition) is 3. The van der Waals surface area contributed by atoms with E-state index in [1.807, 2.05) is 19.1 Å². The van der Waals surface area contributed by atoms with E-state index in [0.717, 1.165) is 16.9 Å². The molecule has 0 aliphatic carbocycles. The highest BCUT2D eigenvalue weighted by Gasteiger charge is 2.06. The number of carboxylic acids is 1. The van der Waals surface area contributed by atoms with E-state index in [1.54, 1.807) is 30.3 Å². The number of carboxylic acid groups (broad SMARTS) is 1. The minimum atomic E-state index is -0.935. The number of rotatable bonds is 3. The molecule has 4 heteroatoms. The Bertz CT molecular complexity index is 577. The summed E-state index contributed by atoms with van der Waals surface area (Å²) in [6.45, 7) is 1.92. The van der Waals surface area contributed by atoms with Gasteiger partial charge >= 0.3 is 5.97 Å². The number of nitrogen functional groups attached to an aromatic ring is 1. The van der Waals surface area contributed by atoms with Crippen molar-refractivity contribution in [1.29, 1.82) is 0 Å². The normalized spacial score (nSPS) is 10.1. The molecular weight excluding hydrogens is 228 g/mol. The third-order valence-electron chi connectivity index (χ3n) is 2.67. The molecule has 0 unspecified atom stereocenters. The van der Waals surface area contributed by atoms with Crippen molar-refractivity contribution in [3.63, 3.8) is 0 Å². The molecule has 0 aromatic heterocycles. The maximum atomic E-state index is 10.9. The van der Waals surface area contributed by atoms with Crippen LogP contribution in [0.15, 0.2) is 42.5 Å². The van der Waals surface area contributed by atoms with Gasteiger partial charge in [-0.2, -0.15) is 0 Å². The summed E-state index contributed by atoms with van der Waals surface area (Å²) in [4.78, 5) is 10.9. The minimum Gasteiger partial charge on any atom is -0.478 e. The van der Waals surface area contributed by atoms with E-state index in [1.165, 1.54) is 0 Å². The first-order chi connectivity index (χ1) is 8.56. The summed E-state index contributed by atoms with van der Waals surface area (Å²) in [7, 11) is 0. The lowest BCUT2D eigenvalue weighted by Gasteiger charge is -2.10. The molecule has 2 aromatic rings. The molecule has 0 aliphatic rings. The Hall–Kier alpha value is -2.49. The number of benzene rings is 2. The van der Waals surface area contributed by atoms with E-state index in [4.69, 9.17) is 10.8 Å². The van der Waals surface area contributed by atoms with Crippen LogP contribution in [-0.2, 0) is 0 Å². The van der Waals surface area contributed by atoms with Crippen molar-refractivity contribution in [3.8, 4) is 0 Å². The van der Waals surface area contributed by atoms with Gasteiger partial charge in [-0.15, -0.1) is 0 Å². The summed E-state index contributed by atoms with van der Waals surface area (Å²) in [5, 5.41) is 12.1. The van der Waals surface area contributed by atoms with Crippen molar-refractivity contribution < 1.29 is 9.90 Å². The molecule has 0 fully saturated rings. The van der Waals surface area contributed by atoms with Crippen LogP contribution in [0.25, 0.3) is 0 Å². The van der Waals surface area contributed by atoms with Crippen LogP contribution in [0.1, 0.15) is 15.9 Å². The highest BCUT2D eigenvalue weighted by molar-refractivity contribution is 5.89. The molecule has 0 amide bonds. The fourth-order valence-electron chi connectivity index (χ4n) is 1.61. The molecule has 0 saturated heterocycles. The minimum absolute atomic E-state index is 0.263. The van der Waals surface area contributed by atoms with Crippen LogP contribution in [-0.4, -0.2) is 11.1 Å². The second kappa shape index (κ2) is 4.79.